The number of halogens is 3. The molecule has 0 saturated heterocycles. The van der Waals surface area contributed by atoms with Crippen molar-refractivity contribution in [1.82, 2.24) is 9.55 Å². The van der Waals surface area contributed by atoms with Crippen molar-refractivity contribution in [3.8, 4) is 0 Å². The van der Waals surface area contributed by atoms with Gasteiger partial charge in [0, 0.05) is 25.8 Å². The number of ether oxygens (including phenoxy) is 1. The molecule has 2 rings (SSSR count). The van der Waals surface area contributed by atoms with Gasteiger partial charge >= 0.3 is 0 Å². The summed E-state index contributed by atoms with van der Waals surface area (Å²) in [7, 11) is 0. The highest BCUT2D eigenvalue weighted by Crippen LogP contribution is 2.23. The van der Waals surface area contributed by atoms with Crippen LogP contribution in [-0.4, -0.2) is 22.8 Å². The third kappa shape index (κ3) is 4.29. The smallest absolute Gasteiger partial charge is 0.138 e. The summed E-state index contributed by atoms with van der Waals surface area (Å²) < 4.78 is 21.9. The fourth-order valence-corrected chi connectivity index (χ4v) is 2.82. The summed E-state index contributed by atoms with van der Waals surface area (Å²) in [5, 5.41) is 0. The molecule has 0 unspecified atom stereocenters. The highest BCUT2D eigenvalue weighted by molar-refractivity contribution is 14.1. The lowest BCUT2D eigenvalue weighted by Crippen LogP contribution is -2.08. The van der Waals surface area contributed by atoms with Gasteiger partial charge in [0.15, 0.2) is 0 Å². The molecular formula is C15H19ClFIN2O. The first kappa shape index (κ1) is 17.0. The van der Waals surface area contributed by atoms with Crippen LogP contribution in [0, 0.1) is 15.3 Å². The number of imidazole rings is 1. The summed E-state index contributed by atoms with van der Waals surface area (Å²) in [5.74, 6) is 1.41. The first-order valence-corrected chi connectivity index (χ1v) is 8.62. The Kier molecular flexibility index (Phi) is 6.25. The minimum absolute atomic E-state index is 0.221. The van der Waals surface area contributed by atoms with Gasteiger partial charge < -0.3 is 9.30 Å². The van der Waals surface area contributed by atoms with Crippen molar-refractivity contribution in [2.75, 3.05) is 13.2 Å². The van der Waals surface area contributed by atoms with E-state index in [1.165, 1.54) is 6.07 Å². The fourth-order valence-electron chi connectivity index (χ4n) is 2.17. The maximum Gasteiger partial charge on any atom is 0.138 e. The van der Waals surface area contributed by atoms with E-state index in [-0.39, 0.29) is 5.82 Å². The van der Waals surface area contributed by atoms with E-state index < -0.39 is 0 Å². The van der Waals surface area contributed by atoms with E-state index >= 15 is 0 Å². The Labute approximate surface area is 143 Å². The molecule has 0 aliphatic heterocycles. The lowest BCUT2D eigenvalue weighted by molar-refractivity contribution is 0.105. The summed E-state index contributed by atoms with van der Waals surface area (Å²) in [6.45, 7) is 6.43. The number of aryl methyl sites for hydroxylation is 1. The normalized spacial score (nSPS) is 11.7. The number of fused-ring (bicyclic) bond motifs is 1. The van der Waals surface area contributed by atoms with Gasteiger partial charge in [-0.15, -0.1) is 11.6 Å². The monoisotopic (exact) mass is 424 g/mol. The molecule has 2 aromatic rings. The molecule has 6 heteroatoms. The first-order chi connectivity index (χ1) is 10.0. The van der Waals surface area contributed by atoms with Crippen molar-refractivity contribution in [3.63, 3.8) is 0 Å². The molecule has 0 fully saturated rings. The second-order valence-corrected chi connectivity index (χ2v) is 6.82. The molecule has 0 saturated carbocycles. The zero-order valence-electron chi connectivity index (χ0n) is 12.2. The Balaban J connectivity index is 2.12. The van der Waals surface area contributed by atoms with Crippen LogP contribution >= 0.6 is 34.2 Å². The minimum Gasteiger partial charge on any atom is -0.381 e. The molecule has 0 aliphatic rings. The van der Waals surface area contributed by atoms with Gasteiger partial charge in [0.05, 0.1) is 20.5 Å². The number of rotatable bonds is 7. The van der Waals surface area contributed by atoms with E-state index in [1.54, 1.807) is 6.07 Å². The fraction of sp³-hybridized carbons (Fsp3) is 0.533. The van der Waals surface area contributed by atoms with Crippen molar-refractivity contribution < 1.29 is 9.13 Å². The maximum atomic E-state index is 13.8. The Hall–Kier alpha value is -0.400. The number of hydrogen-bond donors (Lipinski definition) is 0. The molecular weight excluding hydrogens is 406 g/mol. The van der Waals surface area contributed by atoms with E-state index in [9.17, 15) is 4.39 Å². The number of benzene rings is 1. The van der Waals surface area contributed by atoms with E-state index in [0.29, 0.717) is 22.0 Å². The maximum absolute atomic E-state index is 13.8. The van der Waals surface area contributed by atoms with E-state index in [1.807, 2.05) is 27.2 Å². The predicted molar refractivity (Wildman–Crippen MR) is 92.2 cm³/mol. The third-order valence-corrected chi connectivity index (χ3v) is 4.18. The van der Waals surface area contributed by atoms with E-state index in [0.717, 1.165) is 36.4 Å². The van der Waals surface area contributed by atoms with Crippen LogP contribution in [0.1, 0.15) is 26.1 Å². The van der Waals surface area contributed by atoms with Crippen LogP contribution in [0.2, 0.25) is 0 Å². The van der Waals surface area contributed by atoms with Crippen LogP contribution in [-0.2, 0) is 17.2 Å². The topological polar surface area (TPSA) is 27.1 Å². The second-order valence-electron chi connectivity index (χ2n) is 5.39. The molecule has 1 aromatic heterocycles. The van der Waals surface area contributed by atoms with Crippen LogP contribution in [0.3, 0.4) is 0 Å². The number of aromatic nitrogens is 2. The van der Waals surface area contributed by atoms with Crippen molar-refractivity contribution in [2.45, 2.75) is 32.7 Å². The zero-order chi connectivity index (χ0) is 15.4. The molecule has 0 aliphatic carbocycles. The molecule has 3 nitrogen and oxygen atoms in total. The Morgan fingerprint density at radius 2 is 2.19 bits per heavy atom. The Morgan fingerprint density at radius 3 is 2.86 bits per heavy atom. The van der Waals surface area contributed by atoms with Crippen molar-refractivity contribution in [2.24, 2.45) is 5.92 Å². The van der Waals surface area contributed by atoms with Crippen molar-refractivity contribution in [1.29, 1.82) is 0 Å². The van der Waals surface area contributed by atoms with Crippen molar-refractivity contribution >= 4 is 45.2 Å². The second kappa shape index (κ2) is 7.74. The molecule has 0 amide bonds. The van der Waals surface area contributed by atoms with Gasteiger partial charge in [0.2, 0.25) is 0 Å². The van der Waals surface area contributed by atoms with Crippen molar-refractivity contribution in [3.05, 3.63) is 27.3 Å². The number of nitrogens with zero attached hydrogens (tertiary/aromatic N) is 2. The quantitative estimate of drug-likeness (QED) is 0.369. The van der Waals surface area contributed by atoms with Crippen LogP contribution in [0.4, 0.5) is 4.39 Å². The van der Waals surface area contributed by atoms with Gasteiger partial charge in [-0.3, -0.25) is 0 Å². The molecule has 1 heterocycles. The minimum atomic E-state index is -0.221. The molecule has 0 bridgehead atoms. The average molecular weight is 425 g/mol. The van der Waals surface area contributed by atoms with Crippen LogP contribution in [0.25, 0.3) is 11.0 Å². The molecule has 0 radical (unpaired) electrons. The van der Waals surface area contributed by atoms with E-state index in [2.05, 4.69) is 18.8 Å². The van der Waals surface area contributed by atoms with Gasteiger partial charge in [-0.25, -0.2) is 9.37 Å². The zero-order valence-corrected chi connectivity index (χ0v) is 15.1. The number of alkyl halides is 1. The number of hydrogen-bond acceptors (Lipinski definition) is 2. The molecule has 0 spiro atoms. The average Bonchev–Trinajstić information content (AvgIpc) is 2.76. The van der Waals surface area contributed by atoms with Crippen LogP contribution in [0.5, 0.6) is 0 Å². The Bertz CT molecular complexity index is 615. The summed E-state index contributed by atoms with van der Waals surface area (Å²) in [5.41, 5.74) is 1.59. The van der Waals surface area contributed by atoms with Crippen LogP contribution < -0.4 is 0 Å². The molecule has 0 N–H and O–H groups in total. The molecule has 0 atom stereocenters. The van der Waals surface area contributed by atoms with Gasteiger partial charge in [0.25, 0.3) is 0 Å². The highest BCUT2D eigenvalue weighted by Gasteiger charge is 2.12. The van der Waals surface area contributed by atoms with Gasteiger partial charge in [-0.2, -0.15) is 0 Å². The third-order valence-electron chi connectivity index (χ3n) is 3.11. The first-order valence-electron chi connectivity index (χ1n) is 7.00. The van der Waals surface area contributed by atoms with Gasteiger partial charge in [-0.05, 0) is 41.0 Å². The van der Waals surface area contributed by atoms with Gasteiger partial charge in [0.1, 0.15) is 11.6 Å². The van der Waals surface area contributed by atoms with Gasteiger partial charge in [-0.1, -0.05) is 13.8 Å². The predicted octanol–water partition coefficient (Wildman–Crippen LogP) is 4.58. The largest absolute Gasteiger partial charge is 0.381 e. The summed E-state index contributed by atoms with van der Waals surface area (Å²) >= 11 is 7.93. The summed E-state index contributed by atoms with van der Waals surface area (Å²) in [6, 6.07) is 3.29. The molecule has 1 aromatic carbocycles. The lowest BCUT2D eigenvalue weighted by Gasteiger charge is -2.09. The molecule has 116 valence electrons. The highest BCUT2D eigenvalue weighted by atomic mass is 127. The van der Waals surface area contributed by atoms with Crippen LogP contribution in [0.15, 0.2) is 12.1 Å². The summed E-state index contributed by atoms with van der Waals surface area (Å²) in [4.78, 5) is 4.48. The van der Waals surface area contributed by atoms with E-state index in [4.69, 9.17) is 16.3 Å². The summed E-state index contributed by atoms with van der Waals surface area (Å²) in [6.07, 6.45) is 0.857. The molecule has 21 heavy (non-hydrogen) atoms. The SMILES string of the molecule is CC(C)COCCCn1c(CCl)nc2cc(I)c(F)cc21. The Morgan fingerprint density at radius 1 is 1.43 bits per heavy atom. The lowest BCUT2D eigenvalue weighted by atomic mass is 10.2. The standard InChI is InChI=1S/C15H19ClFIN2O/c1-10(2)9-21-5-3-4-20-14-6-11(17)12(18)7-13(14)19-15(20)8-16/h6-7,10H,3-5,8-9H2,1-2H3.